The average molecular weight is 393 g/mol. The fourth-order valence-corrected chi connectivity index (χ4v) is 5.77. The SMILES string of the molecule is Fc1cc(COc2ccc(-[s+]3c4ccccc4c4ccccc43)cc2)oc1F. The van der Waals surface area contributed by atoms with Gasteiger partial charge in [-0.25, -0.2) is 0 Å². The lowest BCUT2D eigenvalue weighted by Crippen LogP contribution is -1.93. The normalized spacial score (nSPS) is 11.4. The van der Waals surface area contributed by atoms with Gasteiger partial charge in [-0.1, -0.05) is 24.3 Å². The summed E-state index contributed by atoms with van der Waals surface area (Å²) in [5.74, 6) is -0.279. The zero-order chi connectivity index (χ0) is 19.1. The minimum atomic E-state index is -1.21. The number of fused-ring (bicyclic) bond motifs is 3. The smallest absolute Gasteiger partial charge is 0.314 e. The van der Waals surface area contributed by atoms with Gasteiger partial charge < -0.3 is 9.15 Å². The Balaban J connectivity index is 1.48. The summed E-state index contributed by atoms with van der Waals surface area (Å²) in [7, 11) is -0.162. The van der Waals surface area contributed by atoms with Crippen LogP contribution in [0.4, 0.5) is 8.78 Å². The van der Waals surface area contributed by atoms with E-state index in [9.17, 15) is 8.78 Å². The fourth-order valence-electron chi connectivity index (χ4n) is 3.40. The summed E-state index contributed by atoms with van der Waals surface area (Å²) in [6.07, 6.45) is 0. The molecular formula is C23H15F2O2S+. The number of hydrogen-bond donors (Lipinski definition) is 0. The zero-order valence-electron chi connectivity index (χ0n) is 14.7. The highest BCUT2D eigenvalue weighted by Crippen LogP contribution is 2.48. The Hall–Kier alpha value is -3.18. The molecule has 138 valence electrons. The third-order valence-electron chi connectivity index (χ3n) is 4.64. The van der Waals surface area contributed by atoms with Crippen LogP contribution in [-0.4, -0.2) is 0 Å². The van der Waals surface area contributed by atoms with Gasteiger partial charge in [-0.2, -0.15) is 8.78 Å². The molecule has 0 spiro atoms. The summed E-state index contributed by atoms with van der Waals surface area (Å²) in [4.78, 5) is 1.19. The van der Waals surface area contributed by atoms with E-state index >= 15 is 0 Å². The van der Waals surface area contributed by atoms with E-state index in [1.807, 2.05) is 24.3 Å². The van der Waals surface area contributed by atoms with Crippen LogP contribution in [0.2, 0.25) is 0 Å². The van der Waals surface area contributed by atoms with Gasteiger partial charge in [0.15, 0.2) is 20.1 Å². The van der Waals surface area contributed by atoms with Crippen molar-refractivity contribution in [1.82, 2.24) is 0 Å². The summed E-state index contributed by atoms with van der Waals surface area (Å²) < 4.78 is 38.8. The quantitative estimate of drug-likeness (QED) is 0.302. The van der Waals surface area contributed by atoms with Crippen molar-refractivity contribution in [3.05, 3.63) is 96.5 Å². The van der Waals surface area contributed by atoms with Crippen LogP contribution in [0, 0.1) is 11.8 Å². The Morgan fingerprint density at radius 3 is 1.96 bits per heavy atom. The largest absolute Gasteiger partial charge is 0.486 e. The monoisotopic (exact) mass is 393 g/mol. The maximum atomic E-state index is 13.0. The molecule has 3 aromatic carbocycles. The van der Waals surface area contributed by atoms with Crippen molar-refractivity contribution in [2.45, 2.75) is 6.61 Å². The van der Waals surface area contributed by atoms with E-state index in [2.05, 4.69) is 52.9 Å². The molecule has 0 amide bonds. The van der Waals surface area contributed by atoms with Gasteiger partial charge in [0.1, 0.15) is 18.1 Å². The standard InChI is InChI=1S/C23H15F2O2S/c24-20-13-16(27-23(20)25)14-26-15-9-11-17(12-10-15)28-21-7-3-1-5-18(21)19-6-2-4-8-22(19)28/h1-13H,14H2/q+1. The molecule has 0 radical (unpaired) electrons. The second kappa shape index (κ2) is 6.77. The van der Waals surface area contributed by atoms with E-state index in [1.54, 1.807) is 0 Å². The number of hydrogen-bond acceptors (Lipinski definition) is 2. The number of rotatable bonds is 4. The van der Waals surface area contributed by atoms with E-state index in [0.717, 1.165) is 6.07 Å². The molecule has 0 fully saturated rings. The molecule has 5 rings (SSSR count). The van der Waals surface area contributed by atoms with Crippen molar-refractivity contribution in [1.29, 1.82) is 0 Å². The fraction of sp³-hybridized carbons (Fsp3) is 0.0435. The summed E-state index contributed by atoms with van der Waals surface area (Å²) >= 11 is 0. The van der Waals surface area contributed by atoms with E-state index in [0.29, 0.717) is 5.75 Å². The summed E-state index contributed by atoms with van der Waals surface area (Å²) in [5, 5.41) is 2.56. The first kappa shape index (κ1) is 17.0. The van der Waals surface area contributed by atoms with Gasteiger partial charge in [-0.05, 0) is 36.4 Å². The molecule has 2 heterocycles. The van der Waals surface area contributed by atoms with Gasteiger partial charge in [0.25, 0.3) is 0 Å². The third-order valence-corrected chi connectivity index (χ3v) is 6.98. The van der Waals surface area contributed by atoms with E-state index in [-0.39, 0.29) is 22.8 Å². The Bertz CT molecular complexity index is 1210. The van der Waals surface area contributed by atoms with Crippen LogP contribution in [0.15, 0.2) is 83.3 Å². The third kappa shape index (κ3) is 2.84. The van der Waals surface area contributed by atoms with Gasteiger partial charge in [0, 0.05) is 39.4 Å². The van der Waals surface area contributed by atoms with Crippen LogP contribution in [-0.2, 0) is 6.61 Å². The molecule has 0 aliphatic carbocycles. The molecule has 2 aromatic heterocycles. The maximum absolute atomic E-state index is 13.0. The number of thiophene rings is 1. The number of ether oxygens (including phenoxy) is 1. The minimum absolute atomic E-state index is 0.0302. The van der Waals surface area contributed by atoms with Crippen molar-refractivity contribution in [2.75, 3.05) is 0 Å². The van der Waals surface area contributed by atoms with E-state index in [4.69, 9.17) is 4.74 Å². The number of furan rings is 1. The van der Waals surface area contributed by atoms with Crippen LogP contribution in [0.25, 0.3) is 25.1 Å². The minimum Gasteiger partial charge on any atom is -0.486 e. The van der Waals surface area contributed by atoms with Gasteiger partial charge in [-0.3, -0.25) is 0 Å². The second-order valence-electron chi connectivity index (χ2n) is 6.39. The maximum Gasteiger partial charge on any atom is 0.314 e. The lowest BCUT2D eigenvalue weighted by atomic mass is 10.2. The van der Waals surface area contributed by atoms with Crippen molar-refractivity contribution in [3.63, 3.8) is 0 Å². The van der Waals surface area contributed by atoms with Crippen LogP contribution in [0.3, 0.4) is 0 Å². The Morgan fingerprint density at radius 1 is 0.786 bits per heavy atom. The highest BCUT2D eigenvalue weighted by molar-refractivity contribution is 7.50. The number of benzene rings is 3. The van der Waals surface area contributed by atoms with Crippen molar-refractivity contribution < 1.29 is 17.9 Å². The predicted octanol–water partition coefficient (Wildman–Crippen LogP) is 7.18. The van der Waals surface area contributed by atoms with Gasteiger partial charge in [-0.15, -0.1) is 0 Å². The van der Waals surface area contributed by atoms with Gasteiger partial charge in [0.2, 0.25) is 0 Å². The van der Waals surface area contributed by atoms with E-state index in [1.165, 1.54) is 25.1 Å². The summed E-state index contributed by atoms with van der Waals surface area (Å²) in [5.41, 5.74) is 0. The molecule has 5 heteroatoms. The topological polar surface area (TPSA) is 22.4 Å². The molecule has 0 aliphatic rings. The molecular weight excluding hydrogens is 378 g/mol. The van der Waals surface area contributed by atoms with E-state index < -0.39 is 11.8 Å². The molecule has 0 saturated carbocycles. The molecule has 5 aromatic rings. The lowest BCUT2D eigenvalue weighted by molar-refractivity contribution is 0.239. The Labute approximate surface area is 162 Å². The molecule has 0 atom stereocenters. The van der Waals surface area contributed by atoms with Crippen LogP contribution in [0.1, 0.15) is 5.76 Å². The summed E-state index contributed by atoms with van der Waals surface area (Å²) in [6.45, 7) is -0.0302. The second-order valence-corrected chi connectivity index (χ2v) is 8.36. The first-order chi connectivity index (χ1) is 13.7. The molecule has 28 heavy (non-hydrogen) atoms. The van der Waals surface area contributed by atoms with Gasteiger partial charge >= 0.3 is 6.01 Å². The highest BCUT2D eigenvalue weighted by atomic mass is 32.2. The molecule has 0 aliphatic heterocycles. The molecule has 0 N–H and O–H groups in total. The summed E-state index contributed by atoms with van der Waals surface area (Å²) in [6, 6.07) is 24.6. The predicted molar refractivity (Wildman–Crippen MR) is 108 cm³/mol. The molecule has 2 nitrogen and oxygen atoms in total. The van der Waals surface area contributed by atoms with Crippen molar-refractivity contribution in [2.24, 2.45) is 0 Å². The molecule has 0 bridgehead atoms. The Morgan fingerprint density at radius 2 is 1.39 bits per heavy atom. The first-order valence-electron chi connectivity index (χ1n) is 8.80. The van der Waals surface area contributed by atoms with Crippen LogP contribution in [0.5, 0.6) is 5.75 Å². The van der Waals surface area contributed by atoms with Crippen LogP contribution >= 0.6 is 10.5 Å². The van der Waals surface area contributed by atoms with Crippen molar-refractivity contribution >= 4 is 30.6 Å². The zero-order valence-corrected chi connectivity index (χ0v) is 15.5. The number of halogens is 2. The molecule has 0 saturated heterocycles. The first-order valence-corrected chi connectivity index (χ1v) is 10.0. The van der Waals surface area contributed by atoms with Gasteiger partial charge in [0.05, 0.1) is 0 Å². The highest BCUT2D eigenvalue weighted by Gasteiger charge is 2.22. The molecule has 0 unspecified atom stereocenters. The average Bonchev–Trinajstić information content (AvgIpc) is 3.24. The lowest BCUT2D eigenvalue weighted by Gasteiger charge is -2.03. The van der Waals surface area contributed by atoms with Crippen molar-refractivity contribution in [3.8, 4) is 10.6 Å². The Kier molecular flexibility index (Phi) is 4.10. The van der Waals surface area contributed by atoms with Crippen LogP contribution < -0.4 is 4.74 Å².